The molecular weight excluding hydrogens is 508 g/mol. The number of aldehydes is 1. The smallest absolute Gasteiger partial charge is 0.339 e. The third kappa shape index (κ3) is 7.26. The summed E-state index contributed by atoms with van der Waals surface area (Å²) in [4.78, 5) is 46.9. The van der Waals surface area contributed by atoms with E-state index in [4.69, 9.17) is 26.1 Å². The van der Waals surface area contributed by atoms with E-state index >= 15 is 0 Å². The second-order valence-electron chi connectivity index (χ2n) is 10.4. The van der Waals surface area contributed by atoms with E-state index in [1.54, 1.807) is 6.92 Å². The van der Waals surface area contributed by atoms with Gasteiger partial charge in [0.15, 0.2) is 18.1 Å². The summed E-state index contributed by atoms with van der Waals surface area (Å²) in [6.07, 6.45) is 8.73. The number of phenols is 1. The number of carbonyl (C=O) groups is 3. The molecule has 1 fully saturated rings. The Balaban J connectivity index is 2.30. The summed E-state index contributed by atoms with van der Waals surface area (Å²) in [6, 6.07) is 0. The van der Waals surface area contributed by atoms with Crippen LogP contribution in [0.1, 0.15) is 88.7 Å². The van der Waals surface area contributed by atoms with Gasteiger partial charge in [0, 0.05) is 17.9 Å². The van der Waals surface area contributed by atoms with E-state index in [1.807, 2.05) is 32.9 Å². The molecule has 7 nitrogen and oxygen atoms in total. The van der Waals surface area contributed by atoms with Gasteiger partial charge in [-0.3, -0.25) is 9.59 Å². The van der Waals surface area contributed by atoms with Crippen LogP contribution in [0.2, 0.25) is 5.02 Å². The van der Waals surface area contributed by atoms with Gasteiger partial charge < -0.3 is 14.7 Å². The minimum Gasteiger partial charge on any atom is -0.507 e. The number of benzene rings is 1. The predicted molar refractivity (Wildman–Crippen MR) is 148 cm³/mol. The normalized spacial score (nSPS) is 22.9. The summed E-state index contributed by atoms with van der Waals surface area (Å²) < 4.78 is 5.15. The van der Waals surface area contributed by atoms with Gasteiger partial charge in [0.25, 0.3) is 0 Å². The number of hydrogen-bond donors (Lipinski definition) is 1. The van der Waals surface area contributed by atoms with Crippen LogP contribution in [0.3, 0.4) is 0 Å². The minimum atomic E-state index is -1.04. The first-order valence-electron chi connectivity index (χ1n) is 13.3. The number of carbonyl (C=O) groups excluding carboxylic acids is 3. The molecular formula is C30H41ClO7. The molecule has 0 radical (unpaired) electrons. The molecule has 0 aliphatic heterocycles. The molecule has 1 aromatic carbocycles. The number of rotatable bonds is 12. The fourth-order valence-corrected chi connectivity index (χ4v) is 4.74. The van der Waals surface area contributed by atoms with Crippen LogP contribution < -0.4 is 4.89 Å². The first-order valence-corrected chi connectivity index (χ1v) is 13.6. The van der Waals surface area contributed by atoms with Crippen molar-refractivity contribution in [2.24, 2.45) is 17.3 Å². The SMILES string of the molecule is CCCCOC(=O)C(C)OOc1c(Cl)c(C)c(C=O)c(O)c1C/C=C(C)/C=C/C1(C)C(C)CCC(=O)C1C. The topological polar surface area (TPSA) is 99.1 Å². The number of aromatic hydroxyl groups is 1. The van der Waals surface area contributed by atoms with Gasteiger partial charge in [0.1, 0.15) is 11.5 Å². The van der Waals surface area contributed by atoms with Crippen molar-refractivity contribution in [2.45, 2.75) is 86.7 Å². The second-order valence-corrected chi connectivity index (χ2v) is 10.8. The van der Waals surface area contributed by atoms with Gasteiger partial charge in [-0.1, -0.05) is 69.5 Å². The highest BCUT2D eigenvalue weighted by atomic mass is 35.5. The number of hydrogen-bond acceptors (Lipinski definition) is 7. The van der Waals surface area contributed by atoms with Crippen molar-refractivity contribution < 1.29 is 34.0 Å². The molecule has 38 heavy (non-hydrogen) atoms. The van der Waals surface area contributed by atoms with E-state index in [2.05, 4.69) is 19.9 Å². The third-order valence-electron chi connectivity index (χ3n) is 7.85. The molecule has 4 atom stereocenters. The fraction of sp³-hybridized carbons (Fsp3) is 0.567. The number of unbranched alkanes of at least 4 members (excludes halogenated alkanes) is 1. The molecule has 1 N–H and O–H groups in total. The minimum absolute atomic E-state index is 0.0283. The summed E-state index contributed by atoms with van der Waals surface area (Å²) in [7, 11) is 0. The number of ketones is 1. The van der Waals surface area contributed by atoms with Crippen LogP contribution in [0, 0.1) is 24.2 Å². The van der Waals surface area contributed by atoms with E-state index < -0.39 is 12.1 Å². The summed E-state index contributed by atoms with van der Waals surface area (Å²) >= 11 is 6.50. The molecule has 1 aliphatic rings. The van der Waals surface area contributed by atoms with Crippen molar-refractivity contribution in [1.29, 1.82) is 0 Å². The Morgan fingerprint density at radius 1 is 1.32 bits per heavy atom. The van der Waals surface area contributed by atoms with E-state index in [1.165, 1.54) is 6.92 Å². The largest absolute Gasteiger partial charge is 0.507 e. The van der Waals surface area contributed by atoms with E-state index in [9.17, 15) is 19.5 Å². The maximum absolute atomic E-state index is 12.4. The third-order valence-corrected chi connectivity index (χ3v) is 8.31. The summed E-state index contributed by atoms with van der Waals surface area (Å²) in [6.45, 7) is 13.5. The molecule has 0 bridgehead atoms. The zero-order valence-electron chi connectivity index (χ0n) is 23.6. The molecule has 1 saturated carbocycles. The quantitative estimate of drug-likeness (QED) is 0.0757. The monoisotopic (exact) mass is 548 g/mol. The van der Waals surface area contributed by atoms with Gasteiger partial charge in [0.2, 0.25) is 0 Å². The number of Topliss-reactive ketones (excluding diaryl/α,β-unsaturated/α-hetero) is 1. The highest BCUT2D eigenvalue weighted by molar-refractivity contribution is 6.33. The number of phenolic OH excluding ortho intramolecular Hbond substituents is 1. The Hall–Kier alpha value is -2.64. The molecule has 210 valence electrons. The molecule has 4 unspecified atom stereocenters. The lowest BCUT2D eigenvalue weighted by Crippen LogP contribution is -2.40. The maximum atomic E-state index is 12.4. The highest BCUT2D eigenvalue weighted by Gasteiger charge is 2.41. The molecule has 0 amide bonds. The lowest BCUT2D eigenvalue weighted by Gasteiger charge is -2.42. The van der Waals surface area contributed by atoms with Crippen molar-refractivity contribution in [3.63, 3.8) is 0 Å². The van der Waals surface area contributed by atoms with Crippen molar-refractivity contribution in [2.75, 3.05) is 6.61 Å². The summed E-state index contributed by atoms with van der Waals surface area (Å²) in [5.41, 5.74) is 1.28. The first kappa shape index (κ1) is 31.6. The molecule has 8 heteroatoms. The van der Waals surface area contributed by atoms with Crippen molar-refractivity contribution in [3.8, 4) is 11.5 Å². The Kier molecular flexibility index (Phi) is 11.6. The van der Waals surface area contributed by atoms with Gasteiger partial charge in [0.05, 0.1) is 17.2 Å². The Morgan fingerprint density at radius 3 is 2.63 bits per heavy atom. The fourth-order valence-electron chi connectivity index (χ4n) is 4.49. The van der Waals surface area contributed by atoms with Gasteiger partial charge in [-0.05, 0) is 56.9 Å². The van der Waals surface area contributed by atoms with E-state index in [0.29, 0.717) is 24.2 Å². The van der Waals surface area contributed by atoms with Crippen molar-refractivity contribution in [3.05, 3.63) is 45.5 Å². The Bertz CT molecular complexity index is 1090. The second kappa shape index (κ2) is 13.9. The highest BCUT2D eigenvalue weighted by Crippen LogP contribution is 2.45. The average molecular weight is 549 g/mol. The zero-order valence-corrected chi connectivity index (χ0v) is 24.3. The van der Waals surface area contributed by atoms with E-state index in [0.717, 1.165) is 24.8 Å². The van der Waals surface area contributed by atoms with Crippen LogP contribution in [0.5, 0.6) is 11.5 Å². The standard InChI is InChI=1S/C30H41ClO7/c1-8-9-16-36-29(35)22(6)37-38-28-23(27(34)24(17-32)20(4)26(28)31)12-10-18(2)14-15-30(7)19(3)11-13-25(33)21(30)5/h10,14-15,17,19,21-22,34H,8-9,11-13,16H2,1-7H3/b15-14+,18-10+. The van der Waals surface area contributed by atoms with E-state index in [-0.39, 0.29) is 57.8 Å². The van der Waals surface area contributed by atoms with Gasteiger partial charge >= 0.3 is 5.97 Å². The molecule has 2 rings (SSSR count). The van der Waals surface area contributed by atoms with Gasteiger partial charge in [-0.25, -0.2) is 4.79 Å². The average Bonchev–Trinajstić information content (AvgIpc) is 2.89. The van der Waals surface area contributed by atoms with Crippen LogP contribution in [0.15, 0.2) is 23.8 Å². The lowest BCUT2D eigenvalue weighted by molar-refractivity contribution is -0.245. The van der Waals surface area contributed by atoms with Crippen LogP contribution in [0.4, 0.5) is 0 Å². The lowest BCUT2D eigenvalue weighted by atomic mass is 9.61. The number of halogens is 1. The molecule has 0 aromatic heterocycles. The first-order chi connectivity index (χ1) is 17.9. The molecule has 0 spiro atoms. The van der Waals surface area contributed by atoms with Gasteiger partial charge in [-0.2, -0.15) is 4.89 Å². The molecule has 0 saturated heterocycles. The summed E-state index contributed by atoms with van der Waals surface area (Å²) in [5, 5.41) is 11.0. The molecule has 1 aliphatic carbocycles. The number of allylic oxidation sites excluding steroid dienone is 4. The molecule has 0 heterocycles. The van der Waals surface area contributed by atoms with Crippen LogP contribution in [0.25, 0.3) is 0 Å². The number of ether oxygens (including phenoxy) is 1. The zero-order chi connectivity index (χ0) is 28.6. The predicted octanol–water partition coefficient (Wildman–Crippen LogP) is 6.90. The van der Waals surface area contributed by atoms with Crippen molar-refractivity contribution in [1.82, 2.24) is 0 Å². The van der Waals surface area contributed by atoms with Crippen molar-refractivity contribution >= 4 is 29.6 Å². The van der Waals surface area contributed by atoms with Gasteiger partial charge in [-0.15, -0.1) is 0 Å². The van der Waals surface area contributed by atoms with Crippen LogP contribution >= 0.6 is 11.6 Å². The van der Waals surface area contributed by atoms with Crippen LogP contribution in [-0.2, 0) is 25.6 Å². The van der Waals surface area contributed by atoms with Crippen LogP contribution in [-0.4, -0.2) is 35.9 Å². The Morgan fingerprint density at radius 2 is 2.00 bits per heavy atom. The Labute approximate surface area is 231 Å². The summed E-state index contributed by atoms with van der Waals surface area (Å²) in [5.74, 6) is -0.247. The maximum Gasteiger partial charge on any atom is 0.339 e. The molecule has 1 aromatic rings. The number of esters is 1.